The molecule has 4 nitrogen and oxygen atoms in total. The molecule has 2 aromatic carbocycles. The third-order valence-corrected chi connectivity index (χ3v) is 4.60. The Morgan fingerprint density at radius 2 is 1.96 bits per heavy atom. The number of aromatic nitrogens is 1. The van der Waals surface area contributed by atoms with Crippen molar-refractivity contribution in [1.29, 1.82) is 5.26 Å². The van der Waals surface area contributed by atoms with Gasteiger partial charge in [0.15, 0.2) is 0 Å². The normalized spacial score (nSPS) is 11.3. The first kappa shape index (κ1) is 18.8. The summed E-state index contributed by atoms with van der Waals surface area (Å²) in [7, 11) is 0. The average molecular weight is 404 g/mol. The van der Waals surface area contributed by atoms with Crippen LogP contribution in [0.1, 0.15) is 5.01 Å². The highest BCUT2D eigenvalue weighted by Crippen LogP contribution is 2.29. The molecule has 0 radical (unpaired) electrons. The van der Waals surface area contributed by atoms with Crippen LogP contribution < -0.4 is 10.1 Å². The van der Waals surface area contributed by atoms with E-state index in [1.165, 1.54) is 23.6 Å². The third kappa shape index (κ3) is 4.82. The van der Waals surface area contributed by atoms with E-state index in [1.807, 2.05) is 17.5 Å². The van der Waals surface area contributed by atoms with Gasteiger partial charge in [-0.1, -0.05) is 35.9 Å². The van der Waals surface area contributed by atoms with Crippen molar-refractivity contribution in [2.45, 2.75) is 6.61 Å². The van der Waals surface area contributed by atoms with Gasteiger partial charge in [-0.15, -0.1) is 11.3 Å². The predicted octanol–water partition coefficient (Wildman–Crippen LogP) is 6.04. The second-order valence-electron chi connectivity index (χ2n) is 5.23. The monoisotopic (exact) mass is 403 g/mol. The number of nitrogens with zero attached hydrogens (tertiary/aromatic N) is 2. The maximum atomic E-state index is 12.5. The Morgan fingerprint density at radius 1 is 1.22 bits per heavy atom. The molecule has 0 aliphatic heterocycles. The van der Waals surface area contributed by atoms with Gasteiger partial charge in [-0.2, -0.15) is 14.0 Å². The maximum Gasteiger partial charge on any atom is 0.387 e. The van der Waals surface area contributed by atoms with Gasteiger partial charge in [0.25, 0.3) is 0 Å². The largest absolute Gasteiger partial charge is 0.433 e. The number of thiazole rings is 1. The fraction of sp³-hybridized carbons (Fsp3) is 0.0526. The van der Waals surface area contributed by atoms with Gasteiger partial charge in [0.05, 0.1) is 11.4 Å². The molecule has 3 rings (SSSR count). The minimum atomic E-state index is -2.94. The van der Waals surface area contributed by atoms with Crippen molar-refractivity contribution in [2.75, 3.05) is 5.32 Å². The first-order valence-electron chi connectivity index (χ1n) is 7.69. The number of allylic oxidation sites excluding steroid dienone is 1. The summed E-state index contributed by atoms with van der Waals surface area (Å²) in [5.41, 5.74) is 2.18. The first-order chi connectivity index (χ1) is 13.1. The lowest BCUT2D eigenvalue weighted by atomic mass is 10.2. The third-order valence-electron chi connectivity index (χ3n) is 3.47. The minimum absolute atomic E-state index is 0.0120. The van der Waals surface area contributed by atoms with Crippen molar-refractivity contribution in [3.05, 3.63) is 70.1 Å². The summed E-state index contributed by atoms with van der Waals surface area (Å²) in [6, 6.07) is 15.5. The molecule has 0 bridgehead atoms. The van der Waals surface area contributed by atoms with E-state index in [4.69, 9.17) is 11.6 Å². The average Bonchev–Trinajstić information content (AvgIpc) is 3.13. The highest BCUT2D eigenvalue weighted by Gasteiger charge is 2.11. The Bertz CT molecular complexity index is 997. The van der Waals surface area contributed by atoms with Gasteiger partial charge in [0.1, 0.15) is 22.4 Å². The van der Waals surface area contributed by atoms with E-state index in [1.54, 1.807) is 30.3 Å². The molecule has 0 aliphatic carbocycles. The molecule has 0 atom stereocenters. The highest BCUT2D eigenvalue weighted by molar-refractivity contribution is 7.11. The zero-order valence-electron chi connectivity index (χ0n) is 13.7. The molecule has 3 aromatic rings. The SMILES string of the molecule is N#C/C(=C\Nc1ccccc1OC(F)F)c1nc(-c2ccc(Cl)cc2)cs1. The number of nitrogens with one attached hydrogen (secondary N) is 1. The lowest BCUT2D eigenvalue weighted by Gasteiger charge is -2.10. The Kier molecular flexibility index (Phi) is 6.01. The second kappa shape index (κ2) is 8.62. The van der Waals surface area contributed by atoms with Gasteiger partial charge >= 0.3 is 6.61 Å². The number of hydrogen-bond acceptors (Lipinski definition) is 5. The van der Waals surface area contributed by atoms with E-state index in [0.29, 0.717) is 21.4 Å². The predicted molar refractivity (Wildman–Crippen MR) is 103 cm³/mol. The Hall–Kier alpha value is -2.95. The molecular weight excluding hydrogens is 392 g/mol. The summed E-state index contributed by atoms with van der Waals surface area (Å²) in [4.78, 5) is 4.46. The summed E-state index contributed by atoms with van der Waals surface area (Å²) < 4.78 is 29.4. The van der Waals surface area contributed by atoms with Crippen LogP contribution in [-0.4, -0.2) is 11.6 Å². The number of para-hydroxylation sites is 2. The van der Waals surface area contributed by atoms with Crippen LogP contribution in [-0.2, 0) is 0 Å². The lowest BCUT2D eigenvalue weighted by Crippen LogP contribution is -2.04. The van der Waals surface area contributed by atoms with E-state index >= 15 is 0 Å². The van der Waals surface area contributed by atoms with Gasteiger partial charge in [0, 0.05) is 22.2 Å². The standard InChI is InChI=1S/C19H12ClF2N3OS/c20-14-7-5-12(6-8-14)16-11-27-18(25-16)13(9-23)10-24-15-3-1-2-4-17(15)26-19(21)22/h1-8,10-11,19,24H/b13-10+. The van der Waals surface area contributed by atoms with Crippen molar-refractivity contribution < 1.29 is 13.5 Å². The van der Waals surface area contributed by atoms with Crippen LogP contribution in [0.15, 0.2) is 60.1 Å². The Labute approximate surface area is 163 Å². The van der Waals surface area contributed by atoms with Crippen molar-refractivity contribution in [2.24, 2.45) is 0 Å². The Balaban J connectivity index is 1.82. The number of alkyl halides is 2. The van der Waals surface area contributed by atoms with Gasteiger partial charge in [-0.05, 0) is 24.3 Å². The number of rotatable bonds is 6. The summed E-state index contributed by atoms with van der Waals surface area (Å²) >= 11 is 7.19. The smallest absolute Gasteiger partial charge is 0.387 e. The molecule has 0 fully saturated rings. The molecular formula is C19H12ClF2N3OS. The van der Waals surface area contributed by atoms with Gasteiger partial charge in [-0.3, -0.25) is 0 Å². The molecule has 27 heavy (non-hydrogen) atoms. The van der Waals surface area contributed by atoms with Crippen molar-refractivity contribution in [3.63, 3.8) is 0 Å². The minimum Gasteiger partial charge on any atom is -0.433 e. The van der Waals surface area contributed by atoms with E-state index in [2.05, 4.69) is 21.1 Å². The molecule has 0 saturated carbocycles. The van der Waals surface area contributed by atoms with Crippen molar-refractivity contribution >= 4 is 34.2 Å². The molecule has 0 saturated heterocycles. The lowest BCUT2D eigenvalue weighted by molar-refractivity contribution is -0.0493. The van der Waals surface area contributed by atoms with Crippen LogP contribution in [0, 0.1) is 11.3 Å². The number of nitriles is 1. The molecule has 1 heterocycles. The number of anilines is 1. The van der Waals surface area contributed by atoms with E-state index in [9.17, 15) is 14.0 Å². The number of benzene rings is 2. The summed E-state index contributed by atoms with van der Waals surface area (Å²) in [6.07, 6.45) is 1.41. The van der Waals surface area contributed by atoms with Crippen LogP contribution in [0.3, 0.4) is 0 Å². The maximum absolute atomic E-state index is 12.5. The fourth-order valence-electron chi connectivity index (χ4n) is 2.23. The van der Waals surface area contributed by atoms with Gasteiger partial charge in [-0.25, -0.2) is 4.98 Å². The van der Waals surface area contributed by atoms with E-state index in [0.717, 1.165) is 5.56 Å². The molecule has 8 heteroatoms. The fourth-order valence-corrected chi connectivity index (χ4v) is 3.15. The van der Waals surface area contributed by atoms with Gasteiger partial charge in [0.2, 0.25) is 0 Å². The molecule has 0 unspecified atom stereocenters. The summed E-state index contributed by atoms with van der Waals surface area (Å²) in [6.45, 7) is -2.94. The zero-order valence-corrected chi connectivity index (χ0v) is 15.3. The van der Waals surface area contributed by atoms with Crippen LogP contribution >= 0.6 is 22.9 Å². The molecule has 0 amide bonds. The van der Waals surface area contributed by atoms with Gasteiger partial charge < -0.3 is 10.1 Å². The summed E-state index contributed by atoms with van der Waals surface area (Å²) in [5.74, 6) is -0.0120. The zero-order chi connectivity index (χ0) is 19.2. The summed E-state index contributed by atoms with van der Waals surface area (Å²) in [5, 5.41) is 15.2. The molecule has 1 N–H and O–H groups in total. The molecule has 0 aliphatic rings. The quantitative estimate of drug-likeness (QED) is 0.509. The first-order valence-corrected chi connectivity index (χ1v) is 8.95. The highest BCUT2D eigenvalue weighted by atomic mass is 35.5. The Morgan fingerprint density at radius 3 is 2.67 bits per heavy atom. The van der Waals surface area contributed by atoms with Crippen LogP contribution in [0.25, 0.3) is 16.8 Å². The number of halogens is 3. The number of ether oxygens (including phenoxy) is 1. The van der Waals surface area contributed by atoms with E-state index < -0.39 is 6.61 Å². The topological polar surface area (TPSA) is 57.9 Å². The van der Waals surface area contributed by atoms with Crippen molar-refractivity contribution in [1.82, 2.24) is 4.98 Å². The van der Waals surface area contributed by atoms with Crippen LogP contribution in [0.4, 0.5) is 14.5 Å². The van der Waals surface area contributed by atoms with Crippen LogP contribution in [0.5, 0.6) is 5.75 Å². The van der Waals surface area contributed by atoms with E-state index in [-0.39, 0.29) is 11.3 Å². The molecule has 136 valence electrons. The molecule has 1 aromatic heterocycles. The molecule has 0 spiro atoms. The number of hydrogen-bond donors (Lipinski definition) is 1. The van der Waals surface area contributed by atoms with Crippen molar-refractivity contribution in [3.8, 4) is 23.1 Å². The van der Waals surface area contributed by atoms with Crippen LogP contribution in [0.2, 0.25) is 5.02 Å². The second-order valence-corrected chi connectivity index (χ2v) is 6.53.